The molecule has 1 saturated heterocycles. The average Bonchev–Trinajstić information content (AvgIpc) is 2.29. The number of rotatable bonds is 3. The summed E-state index contributed by atoms with van der Waals surface area (Å²) >= 11 is 0. The summed E-state index contributed by atoms with van der Waals surface area (Å²) in [5, 5.41) is 14.0. The SMILES string of the molecule is C[C@H]1CN(CC(C)(O)c2ccccc2)CCN1. The van der Waals surface area contributed by atoms with Gasteiger partial charge in [-0.1, -0.05) is 30.3 Å². The first kappa shape index (κ1) is 12.6. The van der Waals surface area contributed by atoms with Gasteiger partial charge in [-0.3, -0.25) is 4.90 Å². The molecule has 0 spiro atoms. The molecule has 0 aliphatic carbocycles. The second-order valence-corrected chi connectivity index (χ2v) is 5.23. The fourth-order valence-corrected chi connectivity index (χ4v) is 2.48. The molecule has 1 aromatic rings. The minimum atomic E-state index is -0.766. The molecule has 1 fully saturated rings. The maximum Gasteiger partial charge on any atom is 0.0994 e. The van der Waals surface area contributed by atoms with Crippen molar-refractivity contribution in [1.82, 2.24) is 10.2 Å². The van der Waals surface area contributed by atoms with Gasteiger partial charge in [-0.25, -0.2) is 0 Å². The molecule has 3 heteroatoms. The fraction of sp³-hybridized carbons (Fsp3) is 0.571. The van der Waals surface area contributed by atoms with Gasteiger partial charge in [-0.2, -0.15) is 0 Å². The van der Waals surface area contributed by atoms with Gasteiger partial charge in [0, 0.05) is 32.2 Å². The Kier molecular flexibility index (Phi) is 3.82. The van der Waals surface area contributed by atoms with Crippen molar-refractivity contribution in [3.8, 4) is 0 Å². The number of benzene rings is 1. The van der Waals surface area contributed by atoms with Crippen LogP contribution in [0.2, 0.25) is 0 Å². The molecular weight excluding hydrogens is 212 g/mol. The summed E-state index contributed by atoms with van der Waals surface area (Å²) in [5.41, 5.74) is 0.226. The lowest BCUT2D eigenvalue weighted by Crippen LogP contribution is -2.52. The van der Waals surface area contributed by atoms with Crippen molar-refractivity contribution in [2.24, 2.45) is 0 Å². The summed E-state index contributed by atoms with van der Waals surface area (Å²) in [6, 6.07) is 10.4. The van der Waals surface area contributed by atoms with Crippen LogP contribution >= 0.6 is 0 Å². The molecule has 3 nitrogen and oxygen atoms in total. The summed E-state index contributed by atoms with van der Waals surface area (Å²) in [5.74, 6) is 0. The van der Waals surface area contributed by atoms with Gasteiger partial charge < -0.3 is 10.4 Å². The van der Waals surface area contributed by atoms with Crippen molar-refractivity contribution in [2.75, 3.05) is 26.2 Å². The minimum absolute atomic E-state index is 0.510. The highest BCUT2D eigenvalue weighted by atomic mass is 16.3. The van der Waals surface area contributed by atoms with Gasteiger partial charge in [0.1, 0.15) is 0 Å². The normalized spacial score (nSPS) is 25.5. The zero-order chi connectivity index (χ0) is 12.3. The number of nitrogens with zero attached hydrogens (tertiary/aromatic N) is 1. The number of nitrogens with one attached hydrogen (secondary N) is 1. The number of piperazine rings is 1. The van der Waals surface area contributed by atoms with Crippen molar-refractivity contribution in [2.45, 2.75) is 25.5 Å². The van der Waals surface area contributed by atoms with Gasteiger partial charge >= 0.3 is 0 Å². The van der Waals surface area contributed by atoms with E-state index in [9.17, 15) is 5.11 Å². The van der Waals surface area contributed by atoms with Gasteiger partial charge in [0.2, 0.25) is 0 Å². The highest BCUT2D eigenvalue weighted by molar-refractivity contribution is 5.21. The number of hydrogen-bond acceptors (Lipinski definition) is 3. The summed E-state index contributed by atoms with van der Waals surface area (Å²) in [6.07, 6.45) is 0. The van der Waals surface area contributed by atoms with Crippen LogP contribution in [0.1, 0.15) is 19.4 Å². The highest BCUT2D eigenvalue weighted by Crippen LogP contribution is 2.21. The Labute approximate surface area is 103 Å². The molecule has 17 heavy (non-hydrogen) atoms. The quantitative estimate of drug-likeness (QED) is 0.824. The topological polar surface area (TPSA) is 35.5 Å². The standard InChI is InChI=1S/C14H22N2O/c1-12-10-16(9-8-15-12)11-14(2,17)13-6-4-3-5-7-13/h3-7,12,15,17H,8-11H2,1-2H3/t12-,14?/m0/s1. The first-order valence-electron chi connectivity index (χ1n) is 6.31. The lowest BCUT2D eigenvalue weighted by molar-refractivity contribution is 0.00857. The van der Waals surface area contributed by atoms with Crippen molar-refractivity contribution >= 4 is 0 Å². The minimum Gasteiger partial charge on any atom is -0.384 e. The van der Waals surface area contributed by atoms with E-state index < -0.39 is 5.60 Å². The summed E-state index contributed by atoms with van der Waals surface area (Å²) in [6.45, 7) is 7.80. The molecule has 0 aromatic heterocycles. The van der Waals surface area contributed by atoms with Crippen LogP contribution in [-0.2, 0) is 5.60 Å². The lowest BCUT2D eigenvalue weighted by Gasteiger charge is -2.37. The van der Waals surface area contributed by atoms with E-state index in [1.54, 1.807) is 0 Å². The largest absolute Gasteiger partial charge is 0.384 e. The van der Waals surface area contributed by atoms with Crippen LogP contribution in [0.15, 0.2) is 30.3 Å². The van der Waals surface area contributed by atoms with Gasteiger partial charge in [0.15, 0.2) is 0 Å². The van der Waals surface area contributed by atoms with Crippen LogP contribution in [0.5, 0.6) is 0 Å². The molecule has 2 N–H and O–H groups in total. The molecule has 0 amide bonds. The molecule has 1 aliphatic heterocycles. The predicted molar refractivity (Wildman–Crippen MR) is 69.9 cm³/mol. The van der Waals surface area contributed by atoms with Crippen LogP contribution in [0, 0.1) is 0 Å². The molecule has 0 bridgehead atoms. The lowest BCUT2D eigenvalue weighted by atomic mass is 9.95. The van der Waals surface area contributed by atoms with E-state index in [2.05, 4.69) is 17.1 Å². The zero-order valence-corrected chi connectivity index (χ0v) is 10.7. The Morgan fingerprint density at radius 2 is 2.12 bits per heavy atom. The first-order valence-corrected chi connectivity index (χ1v) is 6.31. The Hall–Kier alpha value is -0.900. The second-order valence-electron chi connectivity index (χ2n) is 5.23. The Morgan fingerprint density at radius 3 is 2.76 bits per heavy atom. The molecule has 0 saturated carbocycles. The monoisotopic (exact) mass is 234 g/mol. The fourth-order valence-electron chi connectivity index (χ4n) is 2.48. The van der Waals surface area contributed by atoms with Crippen molar-refractivity contribution in [1.29, 1.82) is 0 Å². The molecule has 2 atom stereocenters. The second kappa shape index (κ2) is 5.17. The van der Waals surface area contributed by atoms with Gasteiger partial charge in [0.25, 0.3) is 0 Å². The molecule has 1 heterocycles. The van der Waals surface area contributed by atoms with Crippen LogP contribution < -0.4 is 5.32 Å². The van der Waals surface area contributed by atoms with Crippen LogP contribution in [0.4, 0.5) is 0 Å². The zero-order valence-electron chi connectivity index (χ0n) is 10.7. The van der Waals surface area contributed by atoms with E-state index in [0.29, 0.717) is 12.6 Å². The molecule has 1 unspecified atom stereocenters. The van der Waals surface area contributed by atoms with E-state index in [1.165, 1.54) is 0 Å². The number of aliphatic hydroxyl groups is 1. The maximum atomic E-state index is 10.6. The summed E-state index contributed by atoms with van der Waals surface area (Å²) in [7, 11) is 0. The van der Waals surface area contributed by atoms with Crippen LogP contribution in [0.3, 0.4) is 0 Å². The average molecular weight is 234 g/mol. The van der Waals surface area contributed by atoms with Gasteiger partial charge in [-0.05, 0) is 19.4 Å². The Morgan fingerprint density at radius 1 is 1.41 bits per heavy atom. The van der Waals surface area contributed by atoms with Gasteiger partial charge in [0.05, 0.1) is 5.60 Å². The molecule has 2 rings (SSSR count). The summed E-state index contributed by atoms with van der Waals surface area (Å²) < 4.78 is 0. The van der Waals surface area contributed by atoms with Crippen LogP contribution in [0.25, 0.3) is 0 Å². The van der Waals surface area contributed by atoms with E-state index in [-0.39, 0.29) is 0 Å². The molecule has 94 valence electrons. The molecule has 0 radical (unpaired) electrons. The predicted octanol–water partition coefficient (Wildman–Crippen LogP) is 1.19. The first-order chi connectivity index (χ1) is 8.08. The van der Waals surface area contributed by atoms with Crippen molar-refractivity contribution in [3.63, 3.8) is 0 Å². The third-order valence-corrected chi connectivity index (χ3v) is 3.38. The number of hydrogen-bond donors (Lipinski definition) is 2. The summed E-state index contributed by atoms with van der Waals surface area (Å²) in [4.78, 5) is 2.33. The third-order valence-electron chi connectivity index (χ3n) is 3.38. The molecule has 1 aromatic carbocycles. The highest BCUT2D eigenvalue weighted by Gasteiger charge is 2.27. The Balaban J connectivity index is 2.01. The van der Waals surface area contributed by atoms with E-state index in [1.807, 2.05) is 37.3 Å². The van der Waals surface area contributed by atoms with E-state index in [0.717, 1.165) is 25.2 Å². The van der Waals surface area contributed by atoms with Crippen molar-refractivity contribution in [3.05, 3.63) is 35.9 Å². The smallest absolute Gasteiger partial charge is 0.0994 e. The maximum absolute atomic E-state index is 10.6. The van der Waals surface area contributed by atoms with E-state index >= 15 is 0 Å². The van der Waals surface area contributed by atoms with Crippen LogP contribution in [-0.4, -0.2) is 42.2 Å². The van der Waals surface area contributed by atoms with E-state index in [4.69, 9.17) is 0 Å². The molecular formula is C14H22N2O. The third kappa shape index (κ3) is 3.28. The Bertz CT molecular complexity index is 350. The number of β-amino-alcohol motifs (C(OH)–C–C–N with tert-alkyl or cyclic N) is 1. The molecule has 1 aliphatic rings. The van der Waals surface area contributed by atoms with Gasteiger partial charge in [-0.15, -0.1) is 0 Å². The van der Waals surface area contributed by atoms with Crippen molar-refractivity contribution < 1.29 is 5.11 Å².